The summed E-state index contributed by atoms with van der Waals surface area (Å²) in [6, 6.07) is 16.1. The molecule has 1 saturated heterocycles. The largest absolute Gasteiger partial charge is 0.416 e. The zero-order valence-electron chi connectivity index (χ0n) is 18.4. The van der Waals surface area contributed by atoms with Gasteiger partial charge in [-0.2, -0.15) is 13.2 Å². The molecule has 2 atom stereocenters. The molecule has 1 aromatic heterocycles. The Bertz CT molecular complexity index is 1080. The second kappa shape index (κ2) is 9.35. The summed E-state index contributed by atoms with van der Waals surface area (Å²) in [6.45, 7) is 3.02. The molecule has 8 heteroatoms. The summed E-state index contributed by atoms with van der Waals surface area (Å²) < 4.78 is 40.7. The van der Waals surface area contributed by atoms with E-state index in [4.69, 9.17) is 0 Å². The van der Waals surface area contributed by atoms with Crippen LogP contribution in [-0.4, -0.2) is 39.8 Å². The number of hydrogen-bond acceptors (Lipinski definition) is 3. The molecule has 1 saturated carbocycles. The fraction of sp³-hybridized carbons (Fsp3) is 0.400. The van der Waals surface area contributed by atoms with Crippen molar-refractivity contribution in [3.8, 4) is 11.3 Å². The highest BCUT2D eigenvalue weighted by atomic mass is 35.5. The molecule has 3 nitrogen and oxygen atoms in total. The zero-order valence-corrected chi connectivity index (χ0v) is 20.0. The number of fused-ring (bicyclic) bond motifs is 1. The molecule has 1 aliphatic heterocycles. The van der Waals surface area contributed by atoms with Gasteiger partial charge in [-0.3, -0.25) is 0 Å². The molecule has 0 spiro atoms. The third kappa shape index (κ3) is 4.81. The van der Waals surface area contributed by atoms with Crippen molar-refractivity contribution in [1.82, 2.24) is 14.5 Å². The molecule has 2 heterocycles. The first-order valence-electron chi connectivity index (χ1n) is 11.0. The number of imidazole rings is 1. The minimum absolute atomic E-state index is 0. The number of piperidine rings is 1. The highest BCUT2D eigenvalue weighted by molar-refractivity contribution is 7.99. The molecule has 0 radical (unpaired) electrons. The van der Waals surface area contributed by atoms with Gasteiger partial charge < -0.3 is 9.47 Å². The Balaban J connectivity index is 0.00000259. The van der Waals surface area contributed by atoms with Crippen molar-refractivity contribution >= 4 is 24.2 Å². The lowest BCUT2D eigenvalue weighted by Gasteiger charge is -2.21. The molecule has 176 valence electrons. The van der Waals surface area contributed by atoms with Crippen LogP contribution in [0.25, 0.3) is 11.3 Å². The Hall–Kier alpha value is -1.96. The van der Waals surface area contributed by atoms with E-state index in [1.165, 1.54) is 17.7 Å². The predicted molar refractivity (Wildman–Crippen MR) is 129 cm³/mol. The van der Waals surface area contributed by atoms with Crippen LogP contribution in [0.3, 0.4) is 0 Å². The summed E-state index contributed by atoms with van der Waals surface area (Å²) in [5, 5.41) is 1.02. The first-order chi connectivity index (χ1) is 15.4. The second-order valence-corrected chi connectivity index (χ2v) is 9.98. The van der Waals surface area contributed by atoms with Crippen LogP contribution in [0.1, 0.15) is 24.0 Å². The van der Waals surface area contributed by atoms with E-state index in [1.54, 1.807) is 23.9 Å². The molecule has 3 aromatic rings. The molecular formula is C25H27ClF3N3S. The lowest BCUT2D eigenvalue weighted by molar-refractivity contribution is -0.137. The van der Waals surface area contributed by atoms with Crippen LogP contribution >= 0.6 is 24.2 Å². The predicted octanol–water partition coefficient (Wildman–Crippen LogP) is 6.28. The quantitative estimate of drug-likeness (QED) is 0.285. The van der Waals surface area contributed by atoms with Gasteiger partial charge in [-0.05, 0) is 48.6 Å². The van der Waals surface area contributed by atoms with E-state index in [-0.39, 0.29) is 17.8 Å². The summed E-state index contributed by atoms with van der Waals surface area (Å²) in [7, 11) is 2.06. The first-order valence-corrected chi connectivity index (χ1v) is 12.0. The SMILES string of the molecule is Cl.Cn1c(-c2ccccc2)cnc1SCCCN1CC2C[C@]2(c2ccc(C(F)(F)F)cc2)C1. The lowest BCUT2D eigenvalue weighted by atomic mass is 9.94. The van der Waals surface area contributed by atoms with Gasteiger partial charge in [0.05, 0.1) is 17.5 Å². The fourth-order valence-corrected chi connectivity index (χ4v) is 5.93. The van der Waals surface area contributed by atoms with Crippen molar-refractivity contribution in [3.63, 3.8) is 0 Å². The van der Waals surface area contributed by atoms with E-state index in [9.17, 15) is 13.2 Å². The molecule has 0 bridgehead atoms. The standard InChI is InChI=1S/C25H26F3N3S.ClH/c1-30-22(18-6-3-2-4-7-18)15-29-23(30)32-13-5-12-31-16-21-14-24(21,17-31)19-8-10-20(11-9-19)25(26,27)28;/h2-4,6-11,15,21H,5,12-14,16-17H2,1H3;1H/t21?,24-;/m1./s1. The van der Waals surface area contributed by atoms with E-state index in [0.717, 1.165) is 54.6 Å². The number of benzene rings is 2. The summed E-state index contributed by atoms with van der Waals surface area (Å²) >= 11 is 1.78. The number of thioether (sulfide) groups is 1. The average Bonchev–Trinajstić information content (AvgIpc) is 3.16. The molecule has 2 aliphatic rings. The molecule has 2 fully saturated rings. The number of alkyl halides is 3. The monoisotopic (exact) mass is 493 g/mol. The fourth-order valence-electron chi connectivity index (χ4n) is 5.05. The van der Waals surface area contributed by atoms with Crippen molar-refractivity contribution in [2.24, 2.45) is 13.0 Å². The van der Waals surface area contributed by atoms with E-state index in [0.29, 0.717) is 5.92 Å². The van der Waals surface area contributed by atoms with Gasteiger partial charge in [0.2, 0.25) is 0 Å². The van der Waals surface area contributed by atoms with Crippen LogP contribution in [0.2, 0.25) is 0 Å². The maximum atomic E-state index is 12.9. The Morgan fingerprint density at radius 3 is 2.52 bits per heavy atom. The lowest BCUT2D eigenvalue weighted by Crippen LogP contribution is -2.28. The van der Waals surface area contributed by atoms with Crippen LogP contribution in [0.5, 0.6) is 0 Å². The van der Waals surface area contributed by atoms with Crippen LogP contribution in [0.15, 0.2) is 66.0 Å². The highest BCUT2D eigenvalue weighted by Gasteiger charge is 2.60. The molecular weight excluding hydrogens is 467 g/mol. The third-order valence-corrected chi connectivity index (χ3v) is 8.00. The Kier molecular flexibility index (Phi) is 6.85. The minimum Gasteiger partial charge on any atom is -0.322 e. The first kappa shape index (κ1) is 24.2. The van der Waals surface area contributed by atoms with Crippen molar-refractivity contribution in [2.75, 3.05) is 25.4 Å². The van der Waals surface area contributed by atoms with Crippen molar-refractivity contribution < 1.29 is 13.2 Å². The summed E-state index contributed by atoms with van der Waals surface area (Å²) in [4.78, 5) is 7.06. The van der Waals surface area contributed by atoms with Crippen LogP contribution in [0, 0.1) is 5.92 Å². The van der Waals surface area contributed by atoms with Gasteiger partial charge in [0.25, 0.3) is 0 Å². The Labute approximate surface area is 202 Å². The Morgan fingerprint density at radius 1 is 1.09 bits per heavy atom. The number of halogens is 4. The summed E-state index contributed by atoms with van der Waals surface area (Å²) in [5.74, 6) is 1.57. The van der Waals surface area contributed by atoms with E-state index >= 15 is 0 Å². The Morgan fingerprint density at radius 2 is 1.82 bits per heavy atom. The van der Waals surface area contributed by atoms with Gasteiger partial charge in [0.15, 0.2) is 5.16 Å². The second-order valence-electron chi connectivity index (χ2n) is 8.92. The van der Waals surface area contributed by atoms with Crippen molar-refractivity contribution in [3.05, 3.63) is 71.9 Å². The summed E-state index contributed by atoms with van der Waals surface area (Å²) in [6.07, 6.45) is -0.180. The van der Waals surface area contributed by atoms with Gasteiger partial charge in [0.1, 0.15) is 0 Å². The zero-order chi connectivity index (χ0) is 22.3. The number of likely N-dealkylation sites (tertiary alicyclic amines) is 1. The minimum atomic E-state index is -4.27. The summed E-state index contributed by atoms with van der Waals surface area (Å²) in [5.41, 5.74) is 2.85. The van der Waals surface area contributed by atoms with Crippen LogP contribution < -0.4 is 0 Å². The maximum absolute atomic E-state index is 12.9. The highest BCUT2D eigenvalue weighted by Crippen LogP contribution is 2.59. The normalized spacial score (nSPS) is 22.1. The number of aromatic nitrogens is 2. The molecule has 2 aromatic carbocycles. The van der Waals surface area contributed by atoms with E-state index < -0.39 is 11.7 Å². The van der Waals surface area contributed by atoms with Crippen LogP contribution in [-0.2, 0) is 18.6 Å². The molecule has 0 amide bonds. The molecule has 1 unspecified atom stereocenters. The number of nitrogens with zero attached hydrogens (tertiary/aromatic N) is 3. The van der Waals surface area contributed by atoms with Crippen LogP contribution in [0.4, 0.5) is 13.2 Å². The van der Waals surface area contributed by atoms with Gasteiger partial charge in [-0.25, -0.2) is 4.98 Å². The van der Waals surface area contributed by atoms with E-state index in [1.807, 2.05) is 24.4 Å². The third-order valence-electron chi connectivity index (χ3n) is 6.87. The van der Waals surface area contributed by atoms with Gasteiger partial charge in [0, 0.05) is 31.3 Å². The molecule has 5 rings (SSSR count). The van der Waals surface area contributed by atoms with Crippen molar-refractivity contribution in [1.29, 1.82) is 0 Å². The molecule has 1 aliphatic carbocycles. The van der Waals surface area contributed by atoms with Gasteiger partial charge >= 0.3 is 6.18 Å². The number of rotatable bonds is 7. The molecule has 0 N–H and O–H groups in total. The van der Waals surface area contributed by atoms with Gasteiger partial charge in [-0.15, -0.1) is 12.4 Å². The molecule has 33 heavy (non-hydrogen) atoms. The number of hydrogen-bond donors (Lipinski definition) is 0. The average molecular weight is 494 g/mol. The maximum Gasteiger partial charge on any atom is 0.416 e. The topological polar surface area (TPSA) is 21.1 Å². The van der Waals surface area contributed by atoms with Crippen molar-refractivity contribution in [2.45, 2.75) is 29.6 Å². The van der Waals surface area contributed by atoms with E-state index in [2.05, 4.69) is 33.6 Å². The van der Waals surface area contributed by atoms with Gasteiger partial charge in [-0.1, -0.05) is 54.2 Å². The smallest absolute Gasteiger partial charge is 0.322 e.